The number of carbonyl (C=O) groups excluding carboxylic acids is 12. The average molecular weight is 1460 g/mol. The van der Waals surface area contributed by atoms with Crippen molar-refractivity contribution < 1.29 is 75.4 Å². The molecule has 3 saturated heterocycles. The molecule has 29 heteroatoms. The van der Waals surface area contributed by atoms with Crippen molar-refractivity contribution in [3.63, 3.8) is 0 Å². The molecule has 25 nitrogen and oxygen atoms in total. The Labute approximate surface area is 604 Å². The highest BCUT2D eigenvalue weighted by atomic mass is 35.5. The van der Waals surface area contributed by atoms with Crippen molar-refractivity contribution in [2.24, 2.45) is 23.7 Å². The van der Waals surface area contributed by atoms with Gasteiger partial charge < -0.3 is 64.8 Å². The number of likely N-dealkylation sites (N-methyl/N-ethyl adjacent to an activating group) is 7. The molecule has 0 aromatic heterocycles. The SMILES string of the molecule is CC[C@H](C)[C@@H]1NC(=O)[C@H](CC(C)C)N(CC)C(=O)C[C@@H](C(=O)N2CCOCC2)N(C)C(=O)[C@H](C2CCCCC2)N(C)C(=O)C2(CCCC2)NC(=O)[C@@H]2CCCN2C(=O)[C@H](CCc2ccc(C(F)(F)F)c(Cl)c2)NC(=O)CN(C)C(=O)[C@H](CC2CCCCC2)N(C)C(=O)CN(C)C(=O)CN(C)C1=O. The van der Waals surface area contributed by atoms with Crippen molar-refractivity contribution in [1.29, 1.82) is 0 Å². The van der Waals surface area contributed by atoms with E-state index in [1.807, 2.05) is 20.8 Å². The van der Waals surface area contributed by atoms with Gasteiger partial charge in [-0.25, -0.2) is 0 Å². The summed E-state index contributed by atoms with van der Waals surface area (Å²) in [5.41, 5.74) is -2.36. The van der Waals surface area contributed by atoms with Gasteiger partial charge in [0.05, 0.1) is 49.9 Å². The minimum atomic E-state index is -4.76. The molecule has 0 unspecified atom stereocenters. The van der Waals surface area contributed by atoms with Crippen molar-refractivity contribution in [3.8, 4) is 0 Å². The lowest BCUT2D eigenvalue weighted by Crippen LogP contribution is -2.65. The molecule has 0 bridgehead atoms. The predicted octanol–water partition coefficient (Wildman–Crippen LogP) is 5.66. The Hall–Kier alpha value is -7.10. The smallest absolute Gasteiger partial charge is 0.378 e. The van der Waals surface area contributed by atoms with Gasteiger partial charge in [0, 0.05) is 68.5 Å². The molecule has 1 aromatic carbocycles. The van der Waals surface area contributed by atoms with Crippen LogP contribution in [0.1, 0.15) is 181 Å². The maximum atomic E-state index is 15.9. The predicted molar refractivity (Wildman–Crippen MR) is 375 cm³/mol. The van der Waals surface area contributed by atoms with Crippen LogP contribution in [0.15, 0.2) is 18.2 Å². The van der Waals surface area contributed by atoms with Crippen LogP contribution in [0.25, 0.3) is 0 Å². The summed E-state index contributed by atoms with van der Waals surface area (Å²) < 4.78 is 47.3. The van der Waals surface area contributed by atoms with Crippen molar-refractivity contribution >= 4 is 82.5 Å². The van der Waals surface area contributed by atoms with Crippen molar-refractivity contribution in [2.45, 2.75) is 230 Å². The first-order valence-electron chi connectivity index (χ1n) is 37.0. The van der Waals surface area contributed by atoms with E-state index in [-0.39, 0.29) is 96.2 Å². The van der Waals surface area contributed by atoms with Crippen molar-refractivity contribution in [1.82, 2.24) is 60.0 Å². The number of amides is 12. The van der Waals surface area contributed by atoms with E-state index in [0.717, 1.165) is 78.2 Å². The number of hydrogen-bond acceptors (Lipinski definition) is 13. The Morgan fingerprint density at radius 1 is 0.657 bits per heavy atom. The van der Waals surface area contributed by atoms with Crippen molar-refractivity contribution in [3.05, 3.63) is 34.3 Å². The lowest BCUT2D eigenvalue weighted by Gasteiger charge is -2.43. The summed E-state index contributed by atoms with van der Waals surface area (Å²) in [7, 11) is 8.54. The molecule has 3 saturated carbocycles. The minimum Gasteiger partial charge on any atom is -0.378 e. The molecule has 1 spiro atoms. The molecular weight excluding hydrogens is 1350 g/mol. The van der Waals surface area contributed by atoms with Crippen LogP contribution in [0.5, 0.6) is 0 Å². The highest BCUT2D eigenvalue weighted by molar-refractivity contribution is 6.31. The number of carbonyl (C=O) groups is 12. The van der Waals surface area contributed by atoms with Crippen LogP contribution in [-0.2, 0) is 74.9 Å². The van der Waals surface area contributed by atoms with Crippen LogP contribution in [0.3, 0.4) is 0 Å². The second kappa shape index (κ2) is 37.0. The number of fused-ring (bicyclic) bond motifs is 1. The van der Waals surface area contributed by atoms with Gasteiger partial charge in [0.2, 0.25) is 70.9 Å². The Balaban J connectivity index is 1.30. The summed E-state index contributed by atoms with van der Waals surface area (Å²) >= 11 is 6.17. The van der Waals surface area contributed by atoms with E-state index in [2.05, 4.69) is 16.0 Å². The van der Waals surface area contributed by atoms with E-state index in [0.29, 0.717) is 44.1 Å². The van der Waals surface area contributed by atoms with Gasteiger partial charge in [-0.3, -0.25) is 57.5 Å². The summed E-state index contributed by atoms with van der Waals surface area (Å²) in [4.78, 5) is 192. The standard InChI is InChI=1S/C73H112ClF3N12O13/c1-12-47(5)62-69(99)83(8)44-60(92)81(6)45-61(93)84(9)56(41-48-23-16-14-17-24-48)67(97)82(7)43-58(90)78-53(31-29-49-28-30-51(52(74)40-49)73(75,76)77)66(96)89-34-22-27-54(89)65(95)80-72(32-20-21-33-72)71(101)86(11)63(50-25-18-15-19-26-50)70(100)85(10)57(68(98)87-35-37-102-38-36-87)42-59(91)88(13-2)55(39-46(3)4)64(94)79-62/h28,30,40,46-48,50,53-57,62-63H,12-27,29,31-39,41-45H2,1-11H3,(H,78,90)(H,79,94)(H,80,95)/t47-,53-,54-,55-,56-,57-,62-,63-/m0/s1. The van der Waals surface area contributed by atoms with Crippen LogP contribution >= 0.6 is 11.6 Å². The number of nitrogens with zero attached hydrogens (tertiary/aromatic N) is 9. The monoisotopic (exact) mass is 1460 g/mol. The zero-order valence-electron chi connectivity index (χ0n) is 61.8. The Bertz CT molecular complexity index is 3160. The number of hydrogen-bond donors (Lipinski definition) is 3. The number of benzene rings is 1. The fourth-order valence-corrected chi connectivity index (χ4v) is 16.1. The molecule has 6 fully saturated rings. The normalized spacial score (nSPS) is 26.6. The third kappa shape index (κ3) is 20.7. The number of nitrogens with one attached hydrogen (secondary N) is 3. The van der Waals surface area contributed by atoms with E-state index >= 15 is 33.6 Å². The van der Waals surface area contributed by atoms with Gasteiger partial charge in [-0.15, -0.1) is 0 Å². The first-order chi connectivity index (χ1) is 48.2. The largest absolute Gasteiger partial charge is 0.417 e. The van der Waals surface area contributed by atoms with Gasteiger partial charge in [-0.05, 0) is 112 Å². The summed E-state index contributed by atoms with van der Waals surface area (Å²) in [5, 5.41) is 8.21. The zero-order valence-corrected chi connectivity index (χ0v) is 62.6. The summed E-state index contributed by atoms with van der Waals surface area (Å²) in [5.74, 6) is -8.87. The maximum absolute atomic E-state index is 15.9. The van der Waals surface area contributed by atoms with Gasteiger partial charge in [0.1, 0.15) is 47.8 Å². The fraction of sp³-hybridized carbons (Fsp3) is 0.753. The number of alkyl halides is 3. The second-order valence-electron chi connectivity index (χ2n) is 29.9. The Morgan fingerprint density at radius 3 is 1.87 bits per heavy atom. The topological polar surface area (TPSA) is 279 Å². The average Bonchev–Trinajstić information content (AvgIpc) is 1.45. The minimum absolute atomic E-state index is 0.0161. The van der Waals surface area contributed by atoms with E-state index in [1.165, 1.54) is 77.8 Å². The van der Waals surface area contributed by atoms with E-state index < -0.39 is 173 Å². The van der Waals surface area contributed by atoms with Crippen molar-refractivity contribution in [2.75, 3.05) is 101 Å². The summed E-state index contributed by atoms with van der Waals surface area (Å²) in [6, 6.07) is -5.64. The van der Waals surface area contributed by atoms with Crippen LogP contribution in [0.4, 0.5) is 13.2 Å². The van der Waals surface area contributed by atoms with Crippen LogP contribution in [-0.4, -0.2) is 264 Å². The molecule has 3 aliphatic heterocycles. The second-order valence-corrected chi connectivity index (χ2v) is 30.3. The molecule has 570 valence electrons. The molecule has 3 aliphatic carbocycles. The van der Waals surface area contributed by atoms with Gasteiger partial charge in [0.25, 0.3) is 0 Å². The molecule has 6 aliphatic rings. The van der Waals surface area contributed by atoms with Gasteiger partial charge in [0.15, 0.2) is 0 Å². The lowest BCUT2D eigenvalue weighted by molar-refractivity contribution is -0.158. The van der Waals surface area contributed by atoms with Gasteiger partial charge >= 0.3 is 6.18 Å². The summed E-state index contributed by atoms with van der Waals surface area (Å²) in [6.07, 6.45) is 4.68. The number of halogens is 4. The quantitative estimate of drug-likeness (QED) is 0.228. The number of morpholine rings is 1. The van der Waals surface area contributed by atoms with Crippen LogP contribution in [0.2, 0.25) is 5.02 Å². The first kappa shape index (κ1) is 82.2. The Kier molecular flexibility index (Phi) is 29.9. The molecule has 102 heavy (non-hydrogen) atoms. The third-order valence-corrected chi connectivity index (χ3v) is 22.5. The molecule has 0 radical (unpaired) electrons. The molecule has 3 heterocycles. The van der Waals surface area contributed by atoms with Gasteiger partial charge in [-0.1, -0.05) is 116 Å². The molecule has 12 amide bonds. The summed E-state index contributed by atoms with van der Waals surface area (Å²) in [6.45, 7) is 8.06. The maximum Gasteiger partial charge on any atom is 0.417 e. The molecule has 8 atom stereocenters. The van der Waals surface area contributed by atoms with E-state index in [4.69, 9.17) is 16.3 Å². The third-order valence-electron chi connectivity index (χ3n) is 22.2. The van der Waals surface area contributed by atoms with Crippen LogP contribution < -0.4 is 16.0 Å². The lowest BCUT2D eigenvalue weighted by atomic mass is 9.81. The molecule has 1 aromatic rings. The van der Waals surface area contributed by atoms with E-state index in [1.54, 1.807) is 13.8 Å². The first-order valence-corrected chi connectivity index (χ1v) is 37.4. The molecular formula is C73H112ClF3N12O13. The zero-order chi connectivity index (χ0) is 75.1. The van der Waals surface area contributed by atoms with E-state index in [9.17, 15) is 37.1 Å². The number of ether oxygens (including phenoxy) is 1. The molecule has 3 N–H and O–H groups in total. The highest BCUT2D eigenvalue weighted by Gasteiger charge is 2.52. The number of aryl methyl sites for hydroxylation is 1. The fourth-order valence-electron chi connectivity index (χ4n) is 15.8. The van der Waals surface area contributed by atoms with Crippen LogP contribution in [0, 0.1) is 23.7 Å². The molecule has 7 rings (SSSR count). The highest BCUT2D eigenvalue weighted by Crippen LogP contribution is 2.39. The number of rotatable bonds is 12. The van der Waals surface area contributed by atoms with Gasteiger partial charge in [-0.2, -0.15) is 13.2 Å². The Morgan fingerprint density at radius 2 is 1.27 bits per heavy atom.